The summed E-state index contributed by atoms with van der Waals surface area (Å²) in [5.41, 5.74) is 6.32. The predicted octanol–water partition coefficient (Wildman–Crippen LogP) is 2.68. The average molecular weight is 362 g/mol. The smallest absolute Gasteiger partial charge is 0.255 e. The van der Waals surface area contributed by atoms with Gasteiger partial charge in [-0.2, -0.15) is 0 Å². The van der Waals surface area contributed by atoms with Gasteiger partial charge in [-0.3, -0.25) is 4.79 Å². The molecule has 1 aromatic carbocycles. The van der Waals surface area contributed by atoms with Crippen molar-refractivity contribution in [2.24, 2.45) is 5.73 Å². The highest BCUT2D eigenvalue weighted by molar-refractivity contribution is 9.10. The van der Waals surface area contributed by atoms with Gasteiger partial charge in [-0.25, -0.2) is 0 Å². The molecule has 1 saturated heterocycles. The van der Waals surface area contributed by atoms with Crippen molar-refractivity contribution >= 4 is 33.4 Å². The second-order valence-electron chi connectivity index (χ2n) is 4.89. The number of rotatable bonds is 3. The van der Waals surface area contributed by atoms with Gasteiger partial charge in [0.2, 0.25) is 0 Å². The maximum atomic E-state index is 12.6. The van der Waals surface area contributed by atoms with Crippen molar-refractivity contribution in [1.29, 1.82) is 0 Å². The Kier molecular flexibility index (Phi) is 5.43. The Hall–Kier alpha value is -0.620. The molecule has 2 N–H and O–H groups in total. The number of benzene rings is 1. The molecule has 1 fully saturated rings. The molecular formula is C14H18BrClN2O2. The highest BCUT2D eigenvalue weighted by Gasteiger charge is 2.31. The molecule has 4 nitrogen and oxygen atoms in total. The minimum absolute atomic E-state index is 0.000846. The number of piperidine rings is 1. The summed E-state index contributed by atoms with van der Waals surface area (Å²) >= 11 is 9.50. The van der Waals surface area contributed by atoms with Crippen molar-refractivity contribution in [3.8, 4) is 0 Å². The van der Waals surface area contributed by atoms with E-state index in [0.717, 1.165) is 17.3 Å². The molecule has 2 unspecified atom stereocenters. The lowest BCUT2D eigenvalue weighted by atomic mass is 9.98. The molecule has 0 spiro atoms. The third-order valence-corrected chi connectivity index (χ3v) is 4.50. The molecule has 1 aromatic rings. The van der Waals surface area contributed by atoms with Gasteiger partial charge in [0.1, 0.15) is 0 Å². The van der Waals surface area contributed by atoms with Crippen LogP contribution in [0.2, 0.25) is 5.02 Å². The van der Waals surface area contributed by atoms with Crippen molar-refractivity contribution < 1.29 is 9.53 Å². The Bertz CT molecular complexity index is 498. The summed E-state index contributed by atoms with van der Waals surface area (Å²) in [6.07, 6.45) is 1.77. The van der Waals surface area contributed by atoms with Gasteiger partial charge >= 0.3 is 0 Å². The maximum absolute atomic E-state index is 12.6. The van der Waals surface area contributed by atoms with Crippen LogP contribution >= 0.6 is 27.5 Å². The fourth-order valence-corrected chi connectivity index (χ4v) is 3.29. The van der Waals surface area contributed by atoms with Crippen LogP contribution in [-0.4, -0.2) is 43.2 Å². The van der Waals surface area contributed by atoms with Gasteiger partial charge in [0.15, 0.2) is 0 Å². The molecule has 1 aliphatic rings. The zero-order valence-electron chi connectivity index (χ0n) is 11.3. The Morgan fingerprint density at radius 1 is 1.60 bits per heavy atom. The number of ether oxygens (including phenoxy) is 1. The Morgan fingerprint density at radius 3 is 2.95 bits per heavy atom. The van der Waals surface area contributed by atoms with Crippen LogP contribution in [0.4, 0.5) is 0 Å². The first kappa shape index (κ1) is 15.8. The minimum Gasteiger partial charge on any atom is -0.381 e. The van der Waals surface area contributed by atoms with Crippen LogP contribution < -0.4 is 5.73 Å². The summed E-state index contributed by atoms with van der Waals surface area (Å²) in [5, 5.41) is 0.453. The first-order valence-electron chi connectivity index (χ1n) is 6.55. The van der Waals surface area contributed by atoms with Gasteiger partial charge in [-0.15, -0.1) is 0 Å². The number of amides is 1. The Balaban J connectivity index is 2.19. The van der Waals surface area contributed by atoms with Crippen molar-refractivity contribution in [3.05, 3.63) is 33.3 Å². The van der Waals surface area contributed by atoms with Gasteiger partial charge < -0.3 is 15.4 Å². The largest absolute Gasteiger partial charge is 0.381 e. The van der Waals surface area contributed by atoms with Crippen molar-refractivity contribution in [2.45, 2.75) is 25.0 Å². The number of nitrogens with two attached hydrogens (primary N) is 1. The zero-order chi connectivity index (χ0) is 14.7. The van der Waals surface area contributed by atoms with E-state index in [1.807, 2.05) is 11.0 Å². The van der Waals surface area contributed by atoms with Crippen LogP contribution in [0.25, 0.3) is 0 Å². The normalized spacial score (nSPS) is 22.9. The van der Waals surface area contributed by atoms with Gasteiger partial charge in [-0.05, 0) is 31.0 Å². The lowest BCUT2D eigenvalue weighted by Gasteiger charge is -2.38. The second kappa shape index (κ2) is 6.89. The van der Waals surface area contributed by atoms with Gasteiger partial charge in [0, 0.05) is 30.7 Å². The van der Waals surface area contributed by atoms with Crippen LogP contribution in [0.3, 0.4) is 0 Å². The van der Waals surface area contributed by atoms with Gasteiger partial charge in [0.25, 0.3) is 5.91 Å². The molecule has 0 saturated carbocycles. The molecule has 0 aromatic heterocycles. The first-order chi connectivity index (χ1) is 9.56. The first-order valence-corrected chi connectivity index (χ1v) is 7.72. The number of methoxy groups -OCH3 is 1. The van der Waals surface area contributed by atoms with E-state index in [9.17, 15) is 4.79 Å². The number of carbonyl (C=O) groups excluding carboxylic acids is 1. The number of carbonyl (C=O) groups is 1. The second-order valence-corrected chi connectivity index (χ2v) is 6.22. The summed E-state index contributed by atoms with van der Waals surface area (Å²) in [6, 6.07) is 5.29. The molecule has 6 heteroatoms. The highest BCUT2D eigenvalue weighted by Crippen LogP contribution is 2.26. The van der Waals surface area contributed by atoms with E-state index in [2.05, 4.69) is 15.9 Å². The van der Waals surface area contributed by atoms with E-state index < -0.39 is 0 Å². The summed E-state index contributed by atoms with van der Waals surface area (Å²) < 4.78 is 6.22. The molecule has 1 aliphatic heterocycles. The SMILES string of the molecule is COC1CCN(C(=O)c2ccc(Br)cc2Cl)C(CN)C1. The highest BCUT2D eigenvalue weighted by atomic mass is 79.9. The number of likely N-dealkylation sites (tertiary alicyclic amines) is 1. The van der Waals surface area contributed by atoms with Crippen LogP contribution in [0, 0.1) is 0 Å². The molecule has 1 amide bonds. The third-order valence-electron chi connectivity index (χ3n) is 3.70. The van der Waals surface area contributed by atoms with E-state index in [1.165, 1.54) is 0 Å². The van der Waals surface area contributed by atoms with Crippen molar-refractivity contribution in [1.82, 2.24) is 4.90 Å². The predicted molar refractivity (Wildman–Crippen MR) is 83.1 cm³/mol. The van der Waals surface area contributed by atoms with Crippen molar-refractivity contribution in [2.75, 3.05) is 20.2 Å². The van der Waals surface area contributed by atoms with E-state index >= 15 is 0 Å². The van der Waals surface area contributed by atoms with Crippen LogP contribution in [0.15, 0.2) is 22.7 Å². The summed E-state index contributed by atoms with van der Waals surface area (Å²) in [7, 11) is 1.70. The summed E-state index contributed by atoms with van der Waals surface area (Å²) in [4.78, 5) is 14.4. The molecule has 2 rings (SSSR count). The lowest BCUT2D eigenvalue weighted by Crippen LogP contribution is -2.51. The minimum atomic E-state index is -0.0625. The molecular weight excluding hydrogens is 344 g/mol. The number of hydrogen-bond donors (Lipinski definition) is 1. The van der Waals surface area contributed by atoms with Gasteiger partial charge in [-0.1, -0.05) is 27.5 Å². The Morgan fingerprint density at radius 2 is 2.35 bits per heavy atom. The molecule has 1 heterocycles. The van der Waals surface area contributed by atoms with Crippen LogP contribution in [0.1, 0.15) is 23.2 Å². The molecule has 0 radical (unpaired) electrons. The number of nitrogens with zero attached hydrogens (tertiary/aromatic N) is 1. The third kappa shape index (κ3) is 3.34. The number of hydrogen-bond acceptors (Lipinski definition) is 3. The maximum Gasteiger partial charge on any atom is 0.255 e. The molecule has 20 heavy (non-hydrogen) atoms. The van der Waals surface area contributed by atoms with E-state index in [0.29, 0.717) is 23.7 Å². The average Bonchev–Trinajstić information content (AvgIpc) is 2.46. The monoisotopic (exact) mass is 360 g/mol. The standard InChI is InChI=1S/C14H18BrClN2O2/c1-20-11-4-5-18(10(7-11)8-17)14(19)12-3-2-9(15)6-13(12)16/h2-3,6,10-11H,4-5,7-8,17H2,1H3. The summed E-state index contributed by atoms with van der Waals surface area (Å²) in [6.45, 7) is 1.07. The Labute approximate surface area is 132 Å². The number of halogens is 2. The van der Waals surface area contributed by atoms with E-state index in [4.69, 9.17) is 22.1 Å². The lowest BCUT2D eigenvalue weighted by molar-refractivity contribution is 0.0139. The zero-order valence-corrected chi connectivity index (χ0v) is 13.7. The fourth-order valence-electron chi connectivity index (χ4n) is 2.54. The quantitative estimate of drug-likeness (QED) is 0.900. The fraction of sp³-hybridized carbons (Fsp3) is 0.500. The van der Waals surface area contributed by atoms with Gasteiger partial charge in [0.05, 0.1) is 16.7 Å². The molecule has 0 bridgehead atoms. The van der Waals surface area contributed by atoms with Crippen LogP contribution in [0.5, 0.6) is 0 Å². The van der Waals surface area contributed by atoms with E-state index in [1.54, 1.807) is 19.2 Å². The van der Waals surface area contributed by atoms with Crippen molar-refractivity contribution in [3.63, 3.8) is 0 Å². The molecule has 110 valence electrons. The molecule has 0 aliphatic carbocycles. The molecule has 2 atom stereocenters. The van der Waals surface area contributed by atoms with Crippen LogP contribution in [-0.2, 0) is 4.74 Å². The van der Waals surface area contributed by atoms with E-state index in [-0.39, 0.29) is 18.1 Å². The topological polar surface area (TPSA) is 55.6 Å². The summed E-state index contributed by atoms with van der Waals surface area (Å²) in [5.74, 6) is -0.0625.